The molecule has 0 saturated heterocycles. The summed E-state index contributed by atoms with van der Waals surface area (Å²) in [7, 11) is 1.72. The maximum absolute atomic E-state index is 13.4. The van der Waals surface area contributed by atoms with Gasteiger partial charge in [0.2, 0.25) is 0 Å². The third-order valence-electron chi connectivity index (χ3n) is 48.4. The zero-order valence-electron chi connectivity index (χ0n) is 89.9. The Labute approximate surface area is 883 Å². The Morgan fingerprint density at radius 2 is 0.690 bits per heavy atom. The molecule has 24 rings (SSSR count). The fourth-order valence-electron chi connectivity index (χ4n) is 41.8. The van der Waals surface area contributed by atoms with Gasteiger partial charge in [0.15, 0.2) is 0 Å². The third kappa shape index (κ3) is 21.0. The highest BCUT2D eigenvalue weighted by Crippen LogP contribution is 2.73. The van der Waals surface area contributed by atoms with Crippen LogP contribution in [0.1, 0.15) is 336 Å². The Bertz CT molecular complexity index is 5110. The number of hydrogen-bond acceptors (Lipinski definition) is 13. The summed E-state index contributed by atoms with van der Waals surface area (Å²) < 4.78 is 51.9. The number of aliphatic hydroxyl groups is 5. The van der Waals surface area contributed by atoms with Gasteiger partial charge in [-0.1, -0.05) is 88.8 Å². The highest BCUT2D eigenvalue weighted by Gasteiger charge is 2.66. The lowest BCUT2D eigenvalue weighted by atomic mass is 9.48. The van der Waals surface area contributed by atoms with Gasteiger partial charge in [0.05, 0.1) is 48.3 Å². The summed E-state index contributed by atoms with van der Waals surface area (Å²) in [4.78, 5) is 38.1. The molecule has 0 radical (unpaired) electrons. The number of aromatic nitrogens is 6. The van der Waals surface area contributed by atoms with Crippen molar-refractivity contribution in [3.8, 4) is 23.1 Å². The van der Waals surface area contributed by atoms with Crippen molar-refractivity contribution in [2.45, 2.75) is 390 Å². The summed E-state index contributed by atoms with van der Waals surface area (Å²) in [6.07, 6.45) is 71.9. The van der Waals surface area contributed by atoms with Gasteiger partial charge in [-0.25, -0.2) is 28.1 Å². The third-order valence-corrected chi connectivity index (χ3v) is 49.6. The highest BCUT2D eigenvalue weighted by molar-refractivity contribution is 7.99. The minimum atomic E-state index is -2.62. The van der Waals surface area contributed by atoms with Gasteiger partial charge in [0, 0.05) is 87.1 Å². The summed E-state index contributed by atoms with van der Waals surface area (Å²) in [5.41, 5.74) is 0.935. The molecule has 0 spiro atoms. The van der Waals surface area contributed by atoms with Crippen molar-refractivity contribution in [3.05, 3.63) is 92.6 Å². The van der Waals surface area contributed by atoms with Crippen LogP contribution in [0.25, 0.3) is 0 Å². The van der Waals surface area contributed by atoms with Crippen LogP contribution in [0.5, 0.6) is 0 Å². The van der Waals surface area contributed by atoms with Crippen LogP contribution in [0.4, 0.5) is 13.2 Å². The summed E-state index contributed by atoms with van der Waals surface area (Å²) in [6, 6.07) is 0. The van der Waals surface area contributed by atoms with E-state index in [-0.39, 0.29) is 35.5 Å². The first-order valence-corrected chi connectivity index (χ1v) is 62.2. The van der Waals surface area contributed by atoms with Gasteiger partial charge in [0.25, 0.3) is 6.43 Å². The van der Waals surface area contributed by atoms with Crippen LogP contribution in [-0.2, 0) is 34.0 Å². The van der Waals surface area contributed by atoms with Crippen LogP contribution in [0.2, 0.25) is 0 Å². The average molecular weight is 2060 g/mol. The van der Waals surface area contributed by atoms with Crippen LogP contribution in [0.15, 0.2) is 92.6 Å². The number of ether oxygens (including phenoxy) is 1. The van der Waals surface area contributed by atoms with Gasteiger partial charge in [-0.3, -0.25) is 9.59 Å². The van der Waals surface area contributed by atoms with Gasteiger partial charge in [-0.05, 0) is 519 Å². The first-order valence-electron chi connectivity index (χ1n) is 59.1. The Hall–Kier alpha value is -4.15. The predicted molar refractivity (Wildman–Crippen MR) is 577 cm³/mol. The summed E-state index contributed by atoms with van der Waals surface area (Å²) in [6.45, 7) is 28.9. The Morgan fingerprint density at radius 1 is 0.386 bits per heavy atom. The molecule has 14 nitrogen and oxygen atoms in total. The van der Waals surface area contributed by atoms with E-state index in [1.54, 1.807) is 30.6 Å². The Morgan fingerprint density at radius 3 is 1.01 bits per heavy atom. The molecule has 3 aromatic rings. The van der Waals surface area contributed by atoms with E-state index in [4.69, 9.17) is 16.3 Å². The maximum Gasteiger partial charge on any atom is 0.266 e. The number of thioether (sulfide) groups is 2. The minimum absolute atomic E-state index is 0.152. The number of methoxy groups -OCH3 is 1. The number of rotatable bonds is 19. The molecule has 21 aliphatic carbocycles. The number of ketones is 2. The average Bonchev–Trinajstić information content (AvgIpc) is 1.61. The van der Waals surface area contributed by atoms with Crippen molar-refractivity contribution in [2.24, 2.45) is 211 Å². The second kappa shape index (κ2) is 43.5. The van der Waals surface area contributed by atoms with E-state index in [1.165, 1.54) is 197 Å². The van der Waals surface area contributed by atoms with Crippen LogP contribution in [0.3, 0.4) is 0 Å². The first kappa shape index (κ1) is 108. The van der Waals surface area contributed by atoms with E-state index in [1.807, 2.05) is 56.3 Å². The SMILES string of the molecule is C=C(Cn1ccnc1)[C@H]1CC[C@H]2[C@@H]3CC[C@H]4C[C@](O)(C#CC5CC5)CC[C@@H]4[C@H]3CC[C@]12C.C=C(Cn1ccnc1)[C@H]1CC[C@H]2[C@@H]3CC[C@H]4C[C@](O)(CF)CC[C@@H]4[C@H]3CC[C@]12C.C=C(Cn1ccnc1)[C@H]1CC[C@H]2[C@@H]3CC[C@H]4C[C@](O)(COC)CC[C@@H]4[C@H]3CC[C@]12C.CSCC(=O)[C@H]1CC[C@H]2[C@@H]3CC[C@H]4C[C@](O)(C#CCl)CC[C@@H]4[C@H]3CC[C@]12C.CSCC(=O)[C@H]1CC[C@H]2[C@@H]3CC[C@H]4C[C@](O)(C(F)F)CC[C@@H]4[C@H]3CC[C@]12C. The molecule has 0 aromatic carbocycles. The standard InChI is InChI=1S/C29H40N2O.C26H40N2O2.C25H37FN2O.C23H33ClO2S.C22H34F2O2S/c1-20(18-31-16-15-30-19-31)26-7-8-27-25-6-5-22-17-29(32,13-9-21-3-4-21)14-11-23(22)24(25)10-12-28(26,27)2;1-18(15-28-13-12-27-17-28)23-6-7-24-22-5-4-19-14-26(29,16-30-3)11-9-20(19)21(22)8-10-25(23,24)2;1-17(14-28-12-11-27-16-28)22-5-6-23-21-4-3-18-13-25(29,15-26)10-8-19(18)20(21)7-9-24(22,23)2;1-22-9-7-17-16-8-10-23(26,11-12-24)13-15(16)3-4-18(17)19(22)5-6-20(22)21(25)14-27-2;1-21-9-7-15-14-8-10-22(26,20(23)24)11-13(14)3-4-16(15)17(21)5-6-18(21)19(25)12-27-2/h15-16,19,21-27,32H,1,3-8,10-12,14,17-18H2,2H3;12-13,17,19-24,29H,1,4-11,14-16H2,2-3H3;11-12,16,18-23,29H,1,3-10,13-15H2,2H3;15-20,26H,3-10,13-14H2,1-2H3;13-18,20,26H,3-12H2,1-2H3/t22-,23-,24+,25+,26+,27-,28+,29-;19-,20-,21+,22+,23+,24-,25+,26-;18-,19-,20+,21+,22+,23-,24+,25-;15-,16-,17+,18+,19-,20+,22-,23+;13-,14-,15+,16+,17-,18+,21-,22-/m00000/s1. The number of carbonyl (C=O) groups excluding carboxylic acids is 2. The number of Topliss-reactive ketones (excluding diaryl/α,β-unsaturated/α-hetero) is 2. The number of halogens is 4. The molecular weight excluding hydrogens is 1870 g/mol. The number of nitrogens with zero attached hydrogens (tertiary/aromatic N) is 6. The number of imidazole rings is 3. The van der Waals surface area contributed by atoms with Crippen LogP contribution in [0, 0.1) is 234 Å². The molecule has 21 aliphatic rings. The highest BCUT2D eigenvalue weighted by atomic mass is 35.5. The Kier molecular flexibility index (Phi) is 32.4. The zero-order chi connectivity index (χ0) is 102. The van der Waals surface area contributed by atoms with E-state index in [0.717, 1.165) is 211 Å². The summed E-state index contributed by atoms with van der Waals surface area (Å²) >= 11 is 8.92. The largest absolute Gasteiger partial charge is 0.387 e. The molecule has 3 aromatic heterocycles. The molecule has 5 N–H and O–H groups in total. The number of hydrogen-bond donors (Lipinski definition) is 5. The van der Waals surface area contributed by atoms with Crippen molar-refractivity contribution >= 4 is 46.7 Å². The fraction of sp³-hybridized carbons (Fsp3) is 0.832. The lowest BCUT2D eigenvalue weighted by Gasteiger charge is -2.57. The molecular formula is C125H184ClF3N6O8S2. The molecule has 0 amide bonds. The fourth-order valence-corrected chi connectivity index (χ4v) is 43.0. The molecule has 20 heteroatoms. The van der Waals surface area contributed by atoms with Gasteiger partial charge < -0.3 is 44.0 Å². The van der Waals surface area contributed by atoms with Gasteiger partial charge in [-0.2, -0.15) is 23.5 Å². The second-order valence-corrected chi connectivity index (χ2v) is 56.9. The van der Waals surface area contributed by atoms with Crippen LogP contribution < -0.4 is 0 Å². The van der Waals surface area contributed by atoms with Crippen LogP contribution in [-0.4, -0.2) is 145 Å². The second-order valence-electron chi connectivity index (χ2n) is 55.0. The summed E-state index contributed by atoms with van der Waals surface area (Å²) in [5.74, 6) is 33.3. The lowest BCUT2D eigenvalue weighted by molar-refractivity contribution is -0.160. The lowest BCUT2D eigenvalue weighted by Crippen LogP contribution is -2.53. The smallest absolute Gasteiger partial charge is 0.266 e. The van der Waals surface area contributed by atoms with E-state index in [9.17, 15) is 48.3 Å². The molecule has 0 unspecified atom stereocenters. The topological polar surface area (TPSA) is 198 Å². The van der Waals surface area contributed by atoms with Crippen molar-refractivity contribution < 1.29 is 53.0 Å². The van der Waals surface area contributed by atoms with E-state index >= 15 is 0 Å². The molecule has 0 aliphatic heterocycles. The first-order chi connectivity index (χ1) is 69.5. The number of carbonyl (C=O) groups is 2. The predicted octanol–water partition coefficient (Wildman–Crippen LogP) is 26.6. The van der Waals surface area contributed by atoms with Crippen molar-refractivity contribution in [3.63, 3.8) is 0 Å². The minimum Gasteiger partial charge on any atom is -0.387 e. The molecule has 40 atom stereocenters. The molecule has 3 heterocycles. The zero-order valence-corrected chi connectivity index (χ0v) is 92.3. The van der Waals surface area contributed by atoms with Gasteiger partial charge >= 0.3 is 0 Å². The maximum atomic E-state index is 13.4. The van der Waals surface area contributed by atoms with Crippen molar-refractivity contribution in [1.82, 2.24) is 28.7 Å². The quantitative estimate of drug-likeness (QED) is 0.0562. The number of allylic oxidation sites excluding steroid dienone is 3. The molecule has 21 fully saturated rings. The van der Waals surface area contributed by atoms with Crippen LogP contribution >= 0.6 is 35.1 Å². The molecule has 0 bridgehead atoms. The summed E-state index contributed by atoms with van der Waals surface area (Å²) in [5, 5.41) is 56.2. The number of fused-ring (bicyclic) bond motifs is 25. The van der Waals surface area contributed by atoms with Gasteiger partial charge in [-0.15, -0.1) is 0 Å². The normalized spacial score (nSPS) is 46.9. The monoisotopic (exact) mass is 2050 g/mol. The number of alkyl halides is 3. The van der Waals surface area contributed by atoms with E-state index in [0.29, 0.717) is 136 Å². The molecule has 145 heavy (non-hydrogen) atoms. The Balaban J connectivity index is 0.000000111. The van der Waals surface area contributed by atoms with E-state index < -0.39 is 41.1 Å². The van der Waals surface area contributed by atoms with Crippen molar-refractivity contribution in [2.75, 3.05) is 44.4 Å². The van der Waals surface area contributed by atoms with Crippen molar-refractivity contribution in [1.29, 1.82) is 0 Å². The molecule has 802 valence electrons. The van der Waals surface area contributed by atoms with Gasteiger partial charge in [0.1, 0.15) is 35.0 Å². The van der Waals surface area contributed by atoms with E-state index in [2.05, 4.69) is 119 Å². The molecule has 21 saturated carbocycles.